The van der Waals surface area contributed by atoms with E-state index in [1.54, 1.807) is 36.7 Å². The largest absolute Gasteiger partial charge is 0.484 e. The zero-order valence-electron chi connectivity index (χ0n) is 6.83. The lowest BCUT2D eigenvalue weighted by atomic mass is 10.2. The van der Waals surface area contributed by atoms with Crippen LogP contribution in [0.5, 0.6) is 0 Å². The Kier molecular flexibility index (Phi) is 1.96. The average molecular weight is 176 g/mol. The van der Waals surface area contributed by atoms with Crippen LogP contribution in [-0.2, 0) is 4.74 Å². The van der Waals surface area contributed by atoms with Gasteiger partial charge in [-0.05, 0) is 18.2 Å². The van der Waals surface area contributed by atoms with Crippen LogP contribution < -0.4 is 0 Å². The molecule has 0 spiro atoms. The SMILES string of the molecule is O=C(C1C=CC=CO1)n1cccn1. The predicted octanol–water partition coefficient (Wildman–Crippen LogP) is 0.992. The lowest BCUT2D eigenvalue weighted by molar-refractivity contribution is 0.0678. The molecule has 4 nitrogen and oxygen atoms in total. The van der Waals surface area contributed by atoms with Crippen molar-refractivity contribution in [3.63, 3.8) is 0 Å². The number of aromatic nitrogens is 2. The van der Waals surface area contributed by atoms with Gasteiger partial charge in [-0.15, -0.1) is 0 Å². The molecule has 0 saturated heterocycles. The number of rotatable bonds is 1. The van der Waals surface area contributed by atoms with E-state index in [0.717, 1.165) is 0 Å². The molecule has 2 rings (SSSR count). The van der Waals surface area contributed by atoms with Crippen molar-refractivity contribution in [3.8, 4) is 0 Å². The third kappa shape index (κ3) is 1.51. The van der Waals surface area contributed by atoms with E-state index in [1.807, 2.05) is 0 Å². The van der Waals surface area contributed by atoms with Gasteiger partial charge < -0.3 is 4.74 Å². The number of nitrogens with zero attached hydrogens (tertiary/aromatic N) is 2. The molecule has 0 aromatic carbocycles. The third-order valence-electron chi connectivity index (χ3n) is 1.67. The molecule has 1 aromatic heterocycles. The number of hydrogen-bond acceptors (Lipinski definition) is 3. The number of ether oxygens (including phenoxy) is 1. The highest BCUT2D eigenvalue weighted by Crippen LogP contribution is 2.04. The molecule has 1 aromatic rings. The molecular formula is C9H8N2O2. The summed E-state index contributed by atoms with van der Waals surface area (Å²) in [5.74, 6) is -0.189. The molecule has 0 fully saturated rings. The van der Waals surface area contributed by atoms with Crippen molar-refractivity contribution in [2.24, 2.45) is 0 Å². The summed E-state index contributed by atoms with van der Waals surface area (Å²) in [6, 6.07) is 1.69. The van der Waals surface area contributed by atoms with Gasteiger partial charge in [-0.2, -0.15) is 5.10 Å². The molecule has 0 N–H and O–H groups in total. The molecule has 0 bridgehead atoms. The normalized spacial score (nSPS) is 19.8. The Balaban J connectivity index is 2.14. The van der Waals surface area contributed by atoms with Crippen molar-refractivity contribution in [3.05, 3.63) is 43.0 Å². The maximum absolute atomic E-state index is 11.6. The summed E-state index contributed by atoms with van der Waals surface area (Å²) in [6.07, 6.45) is 9.28. The highest BCUT2D eigenvalue weighted by atomic mass is 16.5. The molecule has 0 saturated carbocycles. The first-order chi connectivity index (χ1) is 6.38. The maximum Gasteiger partial charge on any atom is 0.291 e. The molecule has 1 aliphatic heterocycles. The Morgan fingerprint density at radius 1 is 1.46 bits per heavy atom. The summed E-state index contributed by atoms with van der Waals surface area (Å²) in [5, 5.41) is 3.82. The first kappa shape index (κ1) is 7.79. The minimum Gasteiger partial charge on any atom is -0.484 e. The molecule has 1 unspecified atom stereocenters. The number of carbonyl (C=O) groups is 1. The number of carbonyl (C=O) groups excluding carboxylic acids is 1. The fraction of sp³-hybridized carbons (Fsp3) is 0.111. The van der Waals surface area contributed by atoms with Crippen LogP contribution in [0.1, 0.15) is 4.79 Å². The van der Waals surface area contributed by atoms with Crippen LogP contribution in [-0.4, -0.2) is 21.8 Å². The fourth-order valence-corrected chi connectivity index (χ4v) is 1.06. The summed E-state index contributed by atoms with van der Waals surface area (Å²) in [6.45, 7) is 0. The van der Waals surface area contributed by atoms with E-state index in [-0.39, 0.29) is 5.91 Å². The minimum absolute atomic E-state index is 0.189. The minimum atomic E-state index is -0.551. The molecule has 0 aliphatic carbocycles. The second kappa shape index (κ2) is 3.26. The Labute approximate surface area is 75.1 Å². The number of hydrogen-bond donors (Lipinski definition) is 0. The van der Waals surface area contributed by atoms with Crippen LogP contribution in [0.4, 0.5) is 0 Å². The zero-order chi connectivity index (χ0) is 9.10. The van der Waals surface area contributed by atoms with E-state index in [4.69, 9.17) is 4.74 Å². The monoisotopic (exact) mass is 176 g/mol. The standard InChI is InChI=1S/C9H8N2O2/c12-9(11-6-3-5-10-11)8-4-1-2-7-13-8/h1-8H. The predicted molar refractivity (Wildman–Crippen MR) is 46.0 cm³/mol. The van der Waals surface area contributed by atoms with Gasteiger partial charge in [0.05, 0.1) is 6.26 Å². The van der Waals surface area contributed by atoms with Gasteiger partial charge >= 0.3 is 0 Å². The molecule has 0 amide bonds. The van der Waals surface area contributed by atoms with Crippen molar-refractivity contribution in [1.29, 1.82) is 0 Å². The summed E-state index contributed by atoms with van der Waals surface area (Å²) in [7, 11) is 0. The number of allylic oxidation sites excluding steroid dienone is 2. The summed E-state index contributed by atoms with van der Waals surface area (Å²) in [4.78, 5) is 11.6. The molecular weight excluding hydrogens is 168 g/mol. The van der Waals surface area contributed by atoms with Crippen LogP contribution >= 0.6 is 0 Å². The van der Waals surface area contributed by atoms with Gasteiger partial charge in [0.25, 0.3) is 5.91 Å². The van der Waals surface area contributed by atoms with Crippen molar-refractivity contribution in [2.75, 3.05) is 0 Å². The first-order valence-electron chi connectivity index (χ1n) is 3.90. The second-order valence-electron chi connectivity index (χ2n) is 2.56. The topological polar surface area (TPSA) is 44.1 Å². The lowest BCUT2D eigenvalue weighted by Gasteiger charge is -2.12. The van der Waals surface area contributed by atoms with Crippen molar-refractivity contribution < 1.29 is 9.53 Å². The lowest BCUT2D eigenvalue weighted by Crippen LogP contribution is -2.27. The Hall–Kier alpha value is -1.84. The van der Waals surface area contributed by atoms with Crippen LogP contribution in [0.25, 0.3) is 0 Å². The van der Waals surface area contributed by atoms with E-state index < -0.39 is 6.10 Å². The van der Waals surface area contributed by atoms with E-state index in [0.29, 0.717) is 0 Å². The van der Waals surface area contributed by atoms with E-state index in [2.05, 4.69) is 5.10 Å². The summed E-state index contributed by atoms with van der Waals surface area (Å²) >= 11 is 0. The van der Waals surface area contributed by atoms with Gasteiger partial charge in [0.1, 0.15) is 0 Å². The van der Waals surface area contributed by atoms with Crippen LogP contribution in [0, 0.1) is 0 Å². The van der Waals surface area contributed by atoms with E-state index >= 15 is 0 Å². The smallest absolute Gasteiger partial charge is 0.291 e. The molecule has 1 atom stereocenters. The van der Waals surface area contributed by atoms with Gasteiger partial charge in [-0.25, -0.2) is 4.68 Å². The van der Waals surface area contributed by atoms with Crippen molar-refractivity contribution in [2.45, 2.75) is 6.10 Å². The molecule has 0 radical (unpaired) electrons. The Bertz CT molecular complexity index is 352. The third-order valence-corrected chi connectivity index (χ3v) is 1.67. The fourth-order valence-electron chi connectivity index (χ4n) is 1.06. The average Bonchev–Trinajstić information content (AvgIpc) is 2.71. The van der Waals surface area contributed by atoms with Gasteiger partial charge in [0.15, 0.2) is 6.10 Å². The zero-order valence-corrected chi connectivity index (χ0v) is 6.83. The highest BCUT2D eigenvalue weighted by molar-refractivity contribution is 5.84. The Morgan fingerprint density at radius 2 is 2.38 bits per heavy atom. The molecule has 4 heteroatoms. The highest BCUT2D eigenvalue weighted by Gasteiger charge is 2.18. The molecule has 2 heterocycles. The quantitative estimate of drug-likeness (QED) is 0.641. The van der Waals surface area contributed by atoms with E-state index in [1.165, 1.54) is 10.9 Å². The van der Waals surface area contributed by atoms with Gasteiger partial charge in [0.2, 0.25) is 0 Å². The van der Waals surface area contributed by atoms with Crippen LogP contribution in [0.3, 0.4) is 0 Å². The van der Waals surface area contributed by atoms with Gasteiger partial charge in [-0.1, -0.05) is 6.08 Å². The van der Waals surface area contributed by atoms with Crippen LogP contribution in [0.15, 0.2) is 43.0 Å². The maximum atomic E-state index is 11.6. The van der Waals surface area contributed by atoms with Crippen molar-refractivity contribution in [1.82, 2.24) is 9.78 Å². The second-order valence-corrected chi connectivity index (χ2v) is 2.56. The molecule has 66 valence electrons. The molecule has 1 aliphatic rings. The molecule has 13 heavy (non-hydrogen) atoms. The van der Waals surface area contributed by atoms with E-state index in [9.17, 15) is 4.79 Å². The first-order valence-corrected chi connectivity index (χ1v) is 3.90. The Morgan fingerprint density at radius 3 is 3.00 bits per heavy atom. The summed E-state index contributed by atoms with van der Waals surface area (Å²) in [5.41, 5.74) is 0. The van der Waals surface area contributed by atoms with Crippen molar-refractivity contribution >= 4 is 5.91 Å². The summed E-state index contributed by atoms with van der Waals surface area (Å²) < 4.78 is 6.34. The van der Waals surface area contributed by atoms with Crippen LogP contribution in [0.2, 0.25) is 0 Å². The van der Waals surface area contributed by atoms with Gasteiger partial charge in [0, 0.05) is 12.4 Å². The van der Waals surface area contributed by atoms with Gasteiger partial charge in [-0.3, -0.25) is 4.79 Å².